The van der Waals surface area contributed by atoms with Gasteiger partial charge >= 0.3 is 0 Å². The largest absolute Gasteiger partial charge is 0.491 e. The lowest BCUT2D eigenvalue weighted by molar-refractivity contribution is 0.303. The molecule has 1 unspecified atom stereocenters. The van der Waals surface area contributed by atoms with Crippen molar-refractivity contribution >= 4 is 22.4 Å². The molecule has 1 aromatic carbocycles. The molecule has 0 aliphatic heterocycles. The number of nitrogens with zero attached hydrogens (tertiary/aromatic N) is 1. The monoisotopic (exact) mass is 307 g/mol. The van der Waals surface area contributed by atoms with Crippen molar-refractivity contribution in [3.05, 3.63) is 29.8 Å². The Hall–Kier alpha value is -1.95. The summed E-state index contributed by atoms with van der Waals surface area (Å²) < 4.78 is 15.4. The lowest BCUT2D eigenvalue weighted by Crippen LogP contribution is -2.23. The number of hydrogen-bond donors (Lipinski definition) is 2. The molecule has 6 heteroatoms. The molecule has 0 bridgehead atoms. The van der Waals surface area contributed by atoms with Crippen LogP contribution in [0.15, 0.2) is 24.3 Å². The van der Waals surface area contributed by atoms with Crippen molar-refractivity contribution in [3.63, 3.8) is 0 Å². The number of aryl methyl sites for hydroxylation is 1. The Balaban J connectivity index is 1.89. The molecule has 0 aliphatic rings. The van der Waals surface area contributed by atoms with E-state index in [0.29, 0.717) is 24.8 Å². The number of anilines is 2. The molecule has 0 fully saturated rings. The van der Waals surface area contributed by atoms with E-state index in [1.807, 2.05) is 38.1 Å². The first-order valence-corrected chi connectivity index (χ1v) is 7.71. The van der Waals surface area contributed by atoms with Crippen LogP contribution in [0.4, 0.5) is 10.8 Å². The highest BCUT2D eigenvalue weighted by Gasteiger charge is 2.15. The summed E-state index contributed by atoms with van der Waals surface area (Å²) in [6.45, 7) is 7.13. The van der Waals surface area contributed by atoms with Crippen LogP contribution in [0.2, 0.25) is 0 Å². The molecule has 5 nitrogen and oxygen atoms in total. The summed E-state index contributed by atoms with van der Waals surface area (Å²) in [6, 6.07) is 8.12. The number of benzene rings is 1. The summed E-state index contributed by atoms with van der Waals surface area (Å²) in [5.41, 5.74) is 7.00. The highest BCUT2D eigenvalue weighted by molar-refractivity contribution is 7.11. The van der Waals surface area contributed by atoms with Crippen LogP contribution in [0.3, 0.4) is 0 Å². The van der Waals surface area contributed by atoms with Gasteiger partial charge in [-0.1, -0.05) is 17.7 Å². The topological polar surface area (TPSA) is 69.4 Å². The van der Waals surface area contributed by atoms with Crippen molar-refractivity contribution in [1.82, 2.24) is 4.37 Å². The van der Waals surface area contributed by atoms with Crippen LogP contribution >= 0.6 is 11.5 Å². The number of rotatable bonds is 7. The molecule has 1 atom stereocenters. The number of hydrogen-bond acceptors (Lipinski definition) is 6. The van der Waals surface area contributed by atoms with Crippen LogP contribution in [0, 0.1) is 6.92 Å². The Morgan fingerprint density at radius 3 is 2.67 bits per heavy atom. The Kier molecular flexibility index (Phi) is 5.27. The first-order chi connectivity index (χ1) is 10.1. The first kappa shape index (κ1) is 15.4. The van der Waals surface area contributed by atoms with E-state index in [1.54, 1.807) is 0 Å². The van der Waals surface area contributed by atoms with Gasteiger partial charge in [-0.05, 0) is 44.4 Å². The van der Waals surface area contributed by atoms with Gasteiger partial charge in [0.2, 0.25) is 0 Å². The fraction of sp³-hybridized carbons (Fsp3) is 0.400. The smallest absolute Gasteiger partial charge is 0.197 e. The van der Waals surface area contributed by atoms with Crippen molar-refractivity contribution in [2.45, 2.75) is 26.8 Å². The van der Waals surface area contributed by atoms with Crippen LogP contribution < -0.4 is 20.5 Å². The summed E-state index contributed by atoms with van der Waals surface area (Å²) in [5.74, 6) is 1.92. The lowest BCUT2D eigenvalue weighted by Gasteiger charge is -2.16. The van der Waals surface area contributed by atoms with Gasteiger partial charge in [-0.2, -0.15) is 4.37 Å². The average Bonchev–Trinajstić information content (AvgIpc) is 2.80. The van der Waals surface area contributed by atoms with E-state index in [2.05, 4.69) is 16.6 Å². The van der Waals surface area contributed by atoms with Crippen molar-refractivity contribution in [2.24, 2.45) is 0 Å². The minimum absolute atomic E-state index is 0.116. The third kappa shape index (κ3) is 4.26. The summed E-state index contributed by atoms with van der Waals surface area (Å²) in [6.07, 6.45) is 0. The van der Waals surface area contributed by atoms with Crippen LogP contribution in [0.5, 0.6) is 11.5 Å². The molecule has 0 saturated carbocycles. The predicted octanol–water partition coefficient (Wildman–Crippen LogP) is 3.31. The quantitative estimate of drug-likeness (QED) is 0.821. The summed E-state index contributed by atoms with van der Waals surface area (Å²) in [7, 11) is 0. The van der Waals surface area contributed by atoms with Gasteiger partial charge < -0.3 is 20.5 Å². The normalized spacial score (nSPS) is 12.0. The van der Waals surface area contributed by atoms with Gasteiger partial charge in [-0.25, -0.2) is 0 Å². The second-order valence-corrected chi connectivity index (χ2v) is 5.60. The number of nitrogen functional groups attached to an aromatic ring is 1. The summed E-state index contributed by atoms with van der Waals surface area (Å²) in [5, 5.41) is 4.17. The van der Waals surface area contributed by atoms with Gasteiger partial charge in [-0.3, -0.25) is 0 Å². The molecular weight excluding hydrogens is 286 g/mol. The highest BCUT2D eigenvalue weighted by atomic mass is 32.1. The Labute approximate surface area is 129 Å². The third-order valence-electron chi connectivity index (χ3n) is 2.86. The Morgan fingerprint density at radius 1 is 1.29 bits per heavy atom. The van der Waals surface area contributed by atoms with E-state index in [-0.39, 0.29) is 6.04 Å². The van der Waals surface area contributed by atoms with E-state index in [9.17, 15) is 0 Å². The van der Waals surface area contributed by atoms with Gasteiger partial charge in [0.05, 0.1) is 12.6 Å². The first-order valence-electron chi connectivity index (χ1n) is 6.94. The molecule has 114 valence electrons. The zero-order valence-electron chi connectivity index (χ0n) is 12.6. The minimum atomic E-state index is 0.116. The zero-order valence-corrected chi connectivity index (χ0v) is 13.4. The Morgan fingerprint density at radius 2 is 2.00 bits per heavy atom. The Bertz CT molecular complexity index is 569. The number of nitrogens with two attached hydrogens (primary N) is 1. The minimum Gasteiger partial charge on any atom is -0.491 e. The van der Waals surface area contributed by atoms with Crippen molar-refractivity contribution in [1.29, 1.82) is 0 Å². The van der Waals surface area contributed by atoms with Gasteiger partial charge in [0, 0.05) is 0 Å². The standard InChI is InChI=1S/C15H21N3O2S/c1-4-19-13-14(16)18-21-15(13)17-11(3)9-20-12-7-5-10(2)6-8-12/h5-8,11,17H,4,9H2,1-3H3,(H2,16,18). The second kappa shape index (κ2) is 7.17. The van der Waals surface area contributed by atoms with E-state index < -0.39 is 0 Å². The summed E-state index contributed by atoms with van der Waals surface area (Å²) >= 11 is 1.30. The van der Waals surface area contributed by atoms with Crippen LogP contribution in [-0.2, 0) is 0 Å². The molecule has 2 rings (SSSR count). The molecule has 0 radical (unpaired) electrons. The highest BCUT2D eigenvalue weighted by Crippen LogP contribution is 2.35. The van der Waals surface area contributed by atoms with Crippen LogP contribution in [0.25, 0.3) is 0 Å². The van der Waals surface area contributed by atoms with Crippen molar-refractivity contribution < 1.29 is 9.47 Å². The van der Waals surface area contributed by atoms with Crippen LogP contribution in [0.1, 0.15) is 19.4 Å². The predicted molar refractivity (Wildman–Crippen MR) is 87.5 cm³/mol. The molecule has 0 aliphatic carbocycles. The average molecular weight is 307 g/mol. The lowest BCUT2D eigenvalue weighted by atomic mass is 10.2. The van der Waals surface area contributed by atoms with E-state index in [0.717, 1.165) is 10.8 Å². The maximum atomic E-state index is 5.79. The molecule has 1 aromatic heterocycles. The van der Waals surface area contributed by atoms with Crippen LogP contribution in [-0.4, -0.2) is 23.6 Å². The molecule has 21 heavy (non-hydrogen) atoms. The zero-order chi connectivity index (χ0) is 15.2. The van der Waals surface area contributed by atoms with Crippen molar-refractivity contribution in [3.8, 4) is 11.5 Å². The SMILES string of the molecule is CCOc1c(N)nsc1NC(C)COc1ccc(C)cc1. The fourth-order valence-electron chi connectivity index (χ4n) is 1.79. The van der Waals surface area contributed by atoms with E-state index >= 15 is 0 Å². The van der Waals surface area contributed by atoms with E-state index in [4.69, 9.17) is 15.2 Å². The maximum Gasteiger partial charge on any atom is 0.197 e. The number of aromatic nitrogens is 1. The molecule has 0 amide bonds. The van der Waals surface area contributed by atoms with E-state index in [1.165, 1.54) is 17.1 Å². The maximum absolute atomic E-state index is 5.79. The van der Waals surface area contributed by atoms with Gasteiger partial charge in [0.25, 0.3) is 0 Å². The number of ether oxygens (including phenoxy) is 2. The number of nitrogens with one attached hydrogen (secondary N) is 1. The third-order valence-corrected chi connectivity index (χ3v) is 3.64. The molecule has 0 saturated heterocycles. The summed E-state index contributed by atoms with van der Waals surface area (Å²) in [4.78, 5) is 0. The van der Waals surface area contributed by atoms with Gasteiger partial charge in [0.1, 0.15) is 12.4 Å². The van der Waals surface area contributed by atoms with Crippen molar-refractivity contribution in [2.75, 3.05) is 24.3 Å². The second-order valence-electron chi connectivity index (χ2n) is 4.83. The molecule has 2 aromatic rings. The molecule has 3 N–H and O–H groups in total. The van der Waals surface area contributed by atoms with Gasteiger partial charge in [-0.15, -0.1) is 0 Å². The molecule has 0 spiro atoms. The fourth-order valence-corrected chi connectivity index (χ4v) is 2.56. The molecular formula is C15H21N3O2S. The van der Waals surface area contributed by atoms with Gasteiger partial charge in [0.15, 0.2) is 16.6 Å². The molecule has 1 heterocycles.